The molecule has 0 N–H and O–H groups in total. The first-order valence-electron chi connectivity index (χ1n) is 15.7. The van der Waals surface area contributed by atoms with Crippen LogP contribution in [0, 0.1) is 0 Å². The molecule has 0 saturated carbocycles. The summed E-state index contributed by atoms with van der Waals surface area (Å²) < 4.78 is 38.4. The number of nitrogens with zero attached hydrogens (tertiary/aromatic N) is 3. The number of rotatable bonds is 14. The molecule has 46 heavy (non-hydrogen) atoms. The van der Waals surface area contributed by atoms with Crippen LogP contribution in [-0.4, -0.2) is 87.5 Å². The zero-order chi connectivity index (χ0) is 33.1. The van der Waals surface area contributed by atoms with Gasteiger partial charge < -0.3 is 19.3 Å². The number of methoxy groups -OCH3 is 1. The van der Waals surface area contributed by atoms with Gasteiger partial charge in [0.15, 0.2) is 0 Å². The minimum absolute atomic E-state index is 0.0480. The number of halogens is 1. The number of carbonyl (C=O) groups is 2. The molecule has 1 heterocycles. The van der Waals surface area contributed by atoms with Crippen molar-refractivity contribution >= 4 is 33.7 Å². The fourth-order valence-corrected chi connectivity index (χ4v) is 7.28. The molecule has 1 amide bonds. The Kier molecular flexibility index (Phi) is 13.0. The lowest BCUT2D eigenvalue weighted by atomic mass is 9.94. The van der Waals surface area contributed by atoms with Crippen molar-refractivity contribution in [1.29, 1.82) is 0 Å². The van der Waals surface area contributed by atoms with Crippen molar-refractivity contribution in [1.82, 2.24) is 14.1 Å². The summed E-state index contributed by atoms with van der Waals surface area (Å²) in [5.74, 6) is -0.458. The number of likely N-dealkylation sites (N-methyl/N-ethyl adjacent to an activating group) is 1. The summed E-state index contributed by atoms with van der Waals surface area (Å²) in [6, 6.07) is 23.1. The standard InChI is InChI=1S/C35H44ClN3O6S/c1-4-20-39(35(41)45-26-27-13-15-28(16-14-27)34(40)44-3)32-18-22-38(23-19-32)21-17-30(29-9-8-10-31(36)24-29)25-37(2)46(42,43)33-11-6-5-7-12-33/h5-16,24,30,32H,4,17-23,25-26H2,1-3H3/t30-/m1/s1. The molecule has 3 aromatic carbocycles. The number of likely N-dealkylation sites (tertiary alicyclic amines) is 1. The maximum Gasteiger partial charge on any atom is 0.410 e. The molecule has 0 aliphatic carbocycles. The maximum atomic E-state index is 13.3. The van der Waals surface area contributed by atoms with E-state index in [4.69, 9.17) is 21.1 Å². The Labute approximate surface area is 278 Å². The summed E-state index contributed by atoms with van der Waals surface area (Å²) in [6.45, 7) is 5.56. The summed E-state index contributed by atoms with van der Waals surface area (Å²) in [7, 11) is -0.670. The highest BCUT2D eigenvalue weighted by Crippen LogP contribution is 2.27. The Balaban J connectivity index is 1.33. The Bertz CT molecular complexity index is 1530. The Morgan fingerprint density at radius 2 is 1.70 bits per heavy atom. The first-order valence-corrected chi connectivity index (χ1v) is 17.5. The van der Waals surface area contributed by atoms with E-state index in [2.05, 4.69) is 4.90 Å². The number of ether oxygens (including phenoxy) is 2. The summed E-state index contributed by atoms with van der Waals surface area (Å²) >= 11 is 6.34. The van der Waals surface area contributed by atoms with E-state index < -0.39 is 16.0 Å². The summed E-state index contributed by atoms with van der Waals surface area (Å²) in [4.78, 5) is 29.3. The van der Waals surface area contributed by atoms with Gasteiger partial charge in [-0.05, 0) is 85.7 Å². The first kappa shape index (κ1) is 35.4. The lowest BCUT2D eigenvalue weighted by molar-refractivity contribution is 0.0589. The van der Waals surface area contributed by atoms with Crippen molar-refractivity contribution in [2.75, 3.05) is 46.9 Å². The van der Waals surface area contributed by atoms with Gasteiger partial charge in [0.1, 0.15) is 6.61 Å². The number of sulfonamides is 1. The summed E-state index contributed by atoms with van der Waals surface area (Å²) in [6.07, 6.45) is 2.90. The highest BCUT2D eigenvalue weighted by molar-refractivity contribution is 7.89. The van der Waals surface area contributed by atoms with Crippen LogP contribution in [0.2, 0.25) is 5.02 Å². The van der Waals surface area contributed by atoms with Gasteiger partial charge in [0, 0.05) is 44.3 Å². The molecule has 0 bridgehead atoms. The van der Waals surface area contributed by atoms with Gasteiger partial charge in [0.2, 0.25) is 10.0 Å². The molecule has 11 heteroatoms. The maximum absolute atomic E-state index is 13.3. The van der Waals surface area contributed by atoms with E-state index >= 15 is 0 Å². The quantitative estimate of drug-likeness (QED) is 0.183. The van der Waals surface area contributed by atoms with Gasteiger partial charge in [-0.25, -0.2) is 22.3 Å². The van der Waals surface area contributed by atoms with Gasteiger partial charge in [-0.1, -0.05) is 61.0 Å². The van der Waals surface area contributed by atoms with Crippen LogP contribution in [-0.2, 0) is 26.1 Å². The average molecular weight is 670 g/mol. The van der Waals surface area contributed by atoms with E-state index in [0.717, 1.165) is 56.4 Å². The molecule has 0 spiro atoms. The van der Waals surface area contributed by atoms with Crippen molar-refractivity contribution < 1.29 is 27.5 Å². The Hall–Kier alpha value is -3.44. The third-order valence-electron chi connectivity index (χ3n) is 8.48. The lowest BCUT2D eigenvalue weighted by Crippen LogP contribution is -2.48. The lowest BCUT2D eigenvalue weighted by Gasteiger charge is -2.38. The van der Waals surface area contributed by atoms with Crippen LogP contribution < -0.4 is 0 Å². The van der Waals surface area contributed by atoms with E-state index in [-0.39, 0.29) is 29.6 Å². The fraction of sp³-hybridized carbons (Fsp3) is 0.429. The molecule has 0 unspecified atom stereocenters. The molecule has 1 fully saturated rings. The van der Waals surface area contributed by atoms with Gasteiger partial charge >= 0.3 is 12.1 Å². The molecule has 1 aliphatic heterocycles. The minimum Gasteiger partial charge on any atom is -0.465 e. The summed E-state index contributed by atoms with van der Waals surface area (Å²) in [5.41, 5.74) is 2.25. The smallest absolute Gasteiger partial charge is 0.410 e. The second kappa shape index (κ2) is 16.9. The van der Waals surface area contributed by atoms with Crippen LogP contribution in [0.4, 0.5) is 4.79 Å². The molecule has 1 saturated heterocycles. The van der Waals surface area contributed by atoms with Crippen LogP contribution in [0.1, 0.15) is 60.0 Å². The van der Waals surface area contributed by atoms with Gasteiger partial charge in [-0.3, -0.25) is 0 Å². The molecule has 3 aromatic rings. The van der Waals surface area contributed by atoms with E-state index in [9.17, 15) is 18.0 Å². The van der Waals surface area contributed by atoms with Crippen molar-refractivity contribution in [3.8, 4) is 0 Å². The molecular formula is C35H44ClN3O6S. The largest absolute Gasteiger partial charge is 0.465 e. The van der Waals surface area contributed by atoms with Crippen LogP contribution in [0.25, 0.3) is 0 Å². The highest BCUT2D eigenvalue weighted by atomic mass is 35.5. The van der Waals surface area contributed by atoms with Crippen molar-refractivity contribution in [2.45, 2.75) is 56.1 Å². The van der Waals surface area contributed by atoms with E-state index in [1.165, 1.54) is 11.4 Å². The van der Waals surface area contributed by atoms with Crippen LogP contribution in [0.15, 0.2) is 83.8 Å². The van der Waals surface area contributed by atoms with Crippen molar-refractivity contribution in [3.05, 3.63) is 101 Å². The number of hydrogen-bond acceptors (Lipinski definition) is 7. The van der Waals surface area contributed by atoms with Gasteiger partial charge in [0.25, 0.3) is 0 Å². The predicted molar refractivity (Wildman–Crippen MR) is 179 cm³/mol. The highest BCUT2D eigenvalue weighted by Gasteiger charge is 2.30. The van der Waals surface area contributed by atoms with Crippen LogP contribution in [0.5, 0.6) is 0 Å². The fourth-order valence-electron chi connectivity index (χ4n) is 5.84. The third kappa shape index (κ3) is 9.54. The molecule has 1 atom stereocenters. The molecule has 248 valence electrons. The van der Waals surface area contributed by atoms with E-state index in [0.29, 0.717) is 23.7 Å². The monoisotopic (exact) mass is 669 g/mol. The molecular weight excluding hydrogens is 626 g/mol. The summed E-state index contributed by atoms with van der Waals surface area (Å²) in [5, 5.41) is 0.623. The van der Waals surface area contributed by atoms with Crippen LogP contribution in [0.3, 0.4) is 0 Å². The third-order valence-corrected chi connectivity index (χ3v) is 10.5. The number of esters is 1. The Morgan fingerprint density at radius 1 is 1.00 bits per heavy atom. The van der Waals surface area contributed by atoms with Crippen LogP contribution >= 0.6 is 11.6 Å². The number of hydrogen-bond donors (Lipinski definition) is 0. The molecule has 9 nitrogen and oxygen atoms in total. The molecule has 0 radical (unpaired) electrons. The van der Waals surface area contributed by atoms with E-state index in [1.54, 1.807) is 61.6 Å². The van der Waals surface area contributed by atoms with Crippen molar-refractivity contribution in [2.24, 2.45) is 0 Å². The number of benzene rings is 3. The zero-order valence-corrected chi connectivity index (χ0v) is 28.4. The molecule has 1 aliphatic rings. The van der Waals surface area contributed by atoms with Gasteiger partial charge in [-0.15, -0.1) is 0 Å². The Morgan fingerprint density at radius 3 is 2.33 bits per heavy atom. The number of carbonyl (C=O) groups excluding carboxylic acids is 2. The predicted octanol–water partition coefficient (Wildman–Crippen LogP) is 6.43. The zero-order valence-electron chi connectivity index (χ0n) is 26.8. The molecule has 4 rings (SSSR count). The van der Waals surface area contributed by atoms with Gasteiger partial charge in [-0.2, -0.15) is 0 Å². The van der Waals surface area contributed by atoms with E-state index in [1.807, 2.05) is 36.1 Å². The first-order chi connectivity index (χ1) is 22.1. The second-order valence-corrected chi connectivity index (χ2v) is 14.1. The SMILES string of the molecule is CCCN(C(=O)OCc1ccc(C(=O)OC)cc1)C1CCN(CC[C@H](CN(C)S(=O)(=O)c2ccccc2)c2cccc(Cl)c2)CC1. The van der Waals surface area contributed by atoms with Crippen molar-refractivity contribution in [3.63, 3.8) is 0 Å². The number of piperidine rings is 1. The molecule has 0 aromatic heterocycles. The number of amides is 1. The topological polar surface area (TPSA) is 96.5 Å². The second-order valence-electron chi connectivity index (χ2n) is 11.6. The van der Waals surface area contributed by atoms with Gasteiger partial charge in [0.05, 0.1) is 17.6 Å². The minimum atomic E-state index is -3.64. The normalized spacial score (nSPS) is 15.0. The average Bonchev–Trinajstić information content (AvgIpc) is 3.08.